The molecule has 0 radical (unpaired) electrons. The van der Waals surface area contributed by atoms with Gasteiger partial charge in [0, 0.05) is 0 Å². The van der Waals surface area contributed by atoms with Crippen LogP contribution in [0.3, 0.4) is 0 Å². The lowest BCUT2D eigenvalue weighted by atomic mass is 10.1. The summed E-state index contributed by atoms with van der Waals surface area (Å²) in [5.41, 5.74) is 1.72. The molecule has 0 N–H and O–H groups in total. The standard InChI is InChI=1S/C23H22N2O3/c1-16(2)28-23(26)14-25-21-10-6-5-9-20(21)24-22(25)15-27-19-12-11-17-7-3-4-8-18(17)13-19/h3-13,16H,14-15H2,1-2H3. The quantitative estimate of drug-likeness (QED) is 0.458. The zero-order valence-corrected chi connectivity index (χ0v) is 16.0. The first-order valence-electron chi connectivity index (χ1n) is 9.35. The van der Waals surface area contributed by atoms with Crippen LogP contribution in [0.15, 0.2) is 66.7 Å². The third-order valence-corrected chi connectivity index (χ3v) is 4.48. The molecule has 0 fully saturated rings. The summed E-state index contributed by atoms with van der Waals surface area (Å²) in [7, 11) is 0. The van der Waals surface area contributed by atoms with Crippen molar-refractivity contribution >= 4 is 27.8 Å². The zero-order chi connectivity index (χ0) is 19.5. The zero-order valence-electron chi connectivity index (χ0n) is 16.0. The highest BCUT2D eigenvalue weighted by Gasteiger charge is 2.15. The van der Waals surface area contributed by atoms with Gasteiger partial charge in [0.05, 0.1) is 17.1 Å². The summed E-state index contributed by atoms with van der Waals surface area (Å²) in [5, 5.41) is 2.28. The van der Waals surface area contributed by atoms with Crippen molar-refractivity contribution in [3.8, 4) is 5.75 Å². The first-order chi connectivity index (χ1) is 13.6. The number of hydrogen-bond donors (Lipinski definition) is 0. The molecule has 0 aliphatic rings. The van der Waals surface area contributed by atoms with E-state index in [4.69, 9.17) is 9.47 Å². The number of para-hydroxylation sites is 2. The summed E-state index contributed by atoms with van der Waals surface area (Å²) in [6.07, 6.45) is -0.153. The molecule has 0 aliphatic carbocycles. The van der Waals surface area contributed by atoms with Crippen molar-refractivity contribution in [1.29, 1.82) is 0 Å². The van der Waals surface area contributed by atoms with Gasteiger partial charge in [0.1, 0.15) is 24.7 Å². The molecular formula is C23H22N2O3. The predicted molar refractivity (Wildman–Crippen MR) is 109 cm³/mol. The van der Waals surface area contributed by atoms with Crippen molar-refractivity contribution in [2.24, 2.45) is 0 Å². The van der Waals surface area contributed by atoms with Gasteiger partial charge >= 0.3 is 5.97 Å². The van der Waals surface area contributed by atoms with Crippen molar-refractivity contribution in [1.82, 2.24) is 9.55 Å². The maximum absolute atomic E-state index is 12.2. The van der Waals surface area contributed by atoms with Crippen LogP contribution in [0.2, 0.25) is 0 Å². The molecule has 142 valence electrons. The highest BCUT2D eigenvalue weighted by Crippen LogP contribution is 2.22. The van der Waals surface area contributed by atoms with E-state index in [1.165, 1.54) is 5.39 Å². The maximum atomic E-state index is 12.2. The number of hydrogen-bond acceptors (Lipinski definition) is 4. The lowest BCUT2D eigenvalue weighted by molar-refractivity contribution is -0.148. The van der Waals surface area contributed by atoms with Crippen molar-refractivity contribution in [2.45, 2.75) is 33.1 Å². The average molecular weight is 374 g/mol. The molecule has 28 heavy (non-hydrogen) atoms. The van der Waals surface area contributed by atoms with Crippen molar-refractivity contribution in [3.05, 3.63) is 72.6 Å². The Kier molecular flexibility index (Phi) is 4.98. The van der Waals surface area contributed by atoms with Crippen LogP contribution in [-0.2, 0) is 22.7 Å². The number of benzene rings is 3. The first kappa shape index (κ1) is 18.0. The second-order valence-electron chi connectivity index (χ2n) is 6.94. The van der Waals surface area contributed by atoms with Gasteiger partial charge in [-0.3, -0.25) is 4.79 Å². The molecule has 5 nitrogen and oxygen atoms in total. The Morgan fingerprint density at radius 2 is 1.75 bits per heavy atom. The van der Waals surface area contributed by atoms with Crippen LogP contribution in [-0.4, -0.2) is 21.6 Å². The lowest BCUT2D eigenvalue weighted by Crippen LogP contribution is -2.19. The minimum Gasteiger partial charge on any atom is -0.486 e. The molecule has 0 saturated carbocycles. The van der Waals surface area contributed by atoms with E-state index in [2.05, 4.69) is 17.1 Å². The van der Waals surface area contributed by atoms with E-state index < -0.39 is 0 Å². The number of ether oxygens (including phenoxy) is 2. The van der Waals surface area contributed by atoms with Crippen molar-refractivity contribution in [2.75, 3.05) is 0 Å². The topological polar surface area (TPSA) is 53.4 Å². The lowest BCUT2D eigenvalue weighted by Gasteiger charge is -2.12. The summed E-state index contributed by atoms with van der Waals surface area (Å²) < 4.78 is 13.2. The molecule has 5 heteroatoms. The molecule has 1 aromatic heterocycles. The van der Waals surface area contributed by atoms with E-state index >= 15 is 0 Å². The number of imidazole rings is 1. The second kappa shape index (κ2) is 7.72. The molecule has 0 spiro atoms. The van der Waals surface area contributed by atoms with E-state index in [-0.39, 0.29) is 25.2 Å². The second-order valence-corrected chi connectivity index (χ2v) is 6.94. The molecule has 0 aliphatic heterocycles. The van der Waals surface area contributed by atoms with Crippen LogP contribution in [0.5, 0.6) is 5.75 Å². The van der Waals surface area contributed by atoms with E-state index in [0.29, 0.717) is 5.82 Å². The van der Waals surface area contributed by atoms with E-state index in [1.54, 1.807) is 0 Å². The number of carbonyl (C=O) groups is 1. The van der Waals surface area contributed by atoms with Gasteiger partial charge in [0.15, 0.2) is 0 Å². The Morgan fingerprint density at radius 1 is 1.00 bits per heavy atom. The van der Waals surface area contributed by atoms with Gasteiger partial charge in [0.2, 0.25) is 0 Å². The predicted octanol–water partition coefficient (Wildman–Crippen LogP) is 4.72. The summed E-state index contributed by atoms with van der Waals surface area (Å²) in [6, 6.07) is 21.9. The molecule has 0 bridgehead atoms. The summed E-state index contributed by atoms with van der Waals surface area (Å²) in [4.78, 5) is 16.9. The van der Waals surface area contributed by atoms with Gasteiger partial charge in [-0.2, -0.15) is 0 Å². The fourth-order valence-corrected chi connectivity index (χ4v) is 3.25. The van der Waals surface area contributed by atoms with E-state index in [0.717, 1.165) is 22.2 Å². The Labute approximate surface area is 163 Å². The van der Waals surface area contributed by atoms with Gasteiger partial charge in [-0.1, -0.05) is 42.5 Å². The van der Waals surface area contributed by atoms with Gasteiger partial charge in [0.25, 0.3) is 0 Å². The third kappa shape index (κ3) is 3.83. The number of nitrogens with zero attached hydrogens (tertiary/aromatic N) is 2. The molecule has 3 aromatic carbocycles. The number of esters is 1. The Hall–Kier alpha value is -3.34. The minimum absolute atomic E-state index is 0.106. The van der Waals surface area contributed by atoms with E-state index in [1.807, 2.05) is 73.0 Å². The van der Waals surface area contributed by atoms with Crippen LogP contribution in [0, 0.1) is 0 Å². The number of aromatic nitrogens is 2. The highest BCUT2D eigenvalue weighted by molar-refractivity contribution is 5.83. The fourth-order valence-electron chi connectivity index (χ4n) is 3.25. The summed E-state index contributed by atoms with van der Waals surface area (Å²) in [5.74, 6) is 1.17. The van der Waals surface area contributed by atoms with Crippen LogP contribution in [0.1, 0.15) is 19.7 Å². The Bertz CT molecular complexity index is 1130. The molecular weight excluding hydrogens is 352 g/mol. The SMILES string of the molecule is CC(C)OC(=O)Cn1c(COc2ccc3ccccc3c2)nc2ccccc21. The van der Waals surface area contributed by atoms with Gasteiger partial charge in [-0.05, 0) is 48.9 Å². The van der Waals surface area contributed by atoms with Crippen LogP contribution < -0.4 is 4.74 Å². The van der Waals surface area contributed by atoms with Crippen molar-refractivity contribution < 1.29 is 14.3 Å². The monoisotopic (exact) mass is 374 g/mol. The molecule has 1 heterocycles. The number of fused-ring (bicyclic) bond motifs is 2. The third-order valence-electron chi connectivity index (χ3n) is 4.48. The normalized spacial score (nSPS) is 11.2. The number of carbonyl (C=O) groups excluding carboxylic acids is 1. The Morgan fingerprint density at radius 3 is 2.57 bits per heavy atom. The largest absolute Gasteiger partial charge is 0.486 e. The average Bonchev–Trinajstić information content (AvgIpc) is 3.03. The molecule has 0 amide bonds. The molecule has 0 atom stereocenters. The highest BCUT2D eigenvalue weighted by atomic mass is 16.5. The number of rotatable bonds is 6. The van der Waals surface area contributed by atoms with Gasteiger partial charge in [-0.25, -0.2) is 4.98 Å². The fraction of sp³-hybridized carbons (Fsp3) is 0.217. The molecule has 0 unspecified atom stereocenters. The smallest absolute Gasteiger partial charge is 0.326 e. The van der Waals surface area contributed by atoms with Crippen molar-refractivity contribution in [3.63, 3.8) is 0 Å². The molecule has 4 rings (SSSR count). The maximum Gasteiger partial charge on any atom is 0.326 e. The Balaban J connectivity index is 1.60. The van der Waals surface area contributed by atoms with Crippen LogP contribution in [0.4, 0.5) is 0 Å². The molecule has 4 aromatic rings. The van der Waals surface area contributed by atoms with Gasteiger partial charge in [-0.15, -0.1) is 0 Å². The van der Waals surface area contributed by atoms with Crippen LogP contribution in [0.25, 0.3) is 21.8 Å². The van der Waals surface area contributed by atoms with E-state index in [9.17, 15) is 4.79 Å². The summed E-state index contributed by atoms with van der Waals surface area (Å²) in [6.45, 7) is 4.05. The van der Waals surface area contributed by atoms with Gasteiger partial charge < -0.3 is 14.0 Å². The molecule has 0 saturated heterocycles. The summed E-state index contributed by atoms with van der Waals surface area (Å²) >= 11 is 0. The van der Waals surface area contributed by atoms with Crippen LogP contribution >= 0.6 is 0 Å². The first-order valence-corrected chi connectivity index (χ1v) is 9.35. The minimum atomic E-state index is -0.287.